The highest BCUT2D eigenvalue weighted by Gasteiger charge is 2.29. The highest BCUT2D eigenvalue weighted by molar-refractivity contribution is 6.13. The summed E-state index contributed by atoms with van der Waals surface area (Å²) in [4.78, 5) is 23.3. The molecule has 4 nitrogen and oxygen atoms in total. The molecule has 19 heavy (non-hydrogen) atoms. The minimum absolute atomic E-state index is 0.0825. The van der Waals surface area contributed by atoms with Gasteiger partial charge in [0.2, 0.25) is 12.0 Å². The fourth-order valence-corrected chi connectivity index (χ4v) is 1.56. The fraction of sp³-hybridized carbons (Fsp3) is 0.429. The molecule has 0 aromatic heterocycles. The summed E-state index contributed by atoms with van der Waals surface area (Å²) >= 11 is 0. The van der Waals surface area contributed by atoms with Crippen molar-refractivity contribution in [2.45, 2.75) is 20.0 Å². The minimum Gasteiger partial charge on any atom is -0.493 e. The zero-order valence-electron chi connectivity index (χ0n) is 11.4. The van der Waals surface area contributed by atoms with Gasteiger partial charge in [0, 0.05) is 11.5 Å². The van der Waals surface area contributed by atoms with Crippen LogP contribution in [-0.2, 0) is 4.79 Å². The largest absolute Gasteiger partial charge is 0.493 e. The van der Waals surface area contributed by atoms with Crippen LogP contribution in [0.1, 0.15) is 24.2 Å². The van der Waals surface area contributed by atoms with Gasteiger partial charge in [0.05, 0.1) is 14.2 Å². The first-order valence-corrected chi connectivity index (χ1v) is 5.86. The number of carbonyl (C=O) groups is 2. The summed E-state index contributed by atoms with van der Waals surface area (Å²) < 4.78 is 23.8. The molecule has 0 aliphatic rings. The van der Waals surface area contributed by atoms with E-state index in [1.54, 1.807) is 13.8 Å². The molecule has 0 aliphatic heterocycles. The zero-order valence-corrected chi connectivity index (χ0v) is 11.4. The monoisotopic (exact) mass is 268 g/mol. The van der Waals surface area contributed by atoms with E-state index in [1.165, 1.54) is 32.4 Å². The van der Waals surface area contributed by atoms with Gasteiger partial charge in [-0.1, -0.05) is 13.8 Å². The first-order chi connectivity index (χ1) is 8.92. The van der Waals surface area contributed by atoms with Crippen LogP contribution in [-0.4, -0.2) is 32.0 Å². The summed E-state index contributed by atoms with van der Waals surface area (Å²) in [5.74, 6) is -1.36. The van der Waals surface area contributed by atoms with Gasteiger partial charge in [0.15, 0.2) is 17.3 Å². The normalized spacial score (nSPS) is 12.1. The number of benzene rings is 1. The molecule has 0 fully saturated rings. The van der Waals surface area contributed by atoms with E-state index in [4.69, 9.17) is 9.47 Å². The Morgan fingerprint density at radius 1 is 1.11 bits per heavy atom. The predicted octanol–water partition coefficient (Wildman–Crippen LogP) is 2.45. The second-order valence-electron chi connectivity index (χ2n) is 4.35. The summed E-state index contributed by atoms with van der Waals surface area (Å²) in [6.45, 7) is 3.10. The van der Waals surface area contributed by atoms with Crippen LogP contribution in [0.25, 0.3) is 0 Å². The summed E-state index contributed by atoms with van der Waals surface area (Å²) in [7, 11) is 2.87. The first-order valence-electron chi connectivity index (χ1n) is 5.86. The maximum Gasteiger partial charge on any atom is 0.221 e. The van der Waals surface area contributed by atoms with E-state index in [0.29, 0.717) is 11.5 Å². The summed E-state index contributed by atoms with van der Waals surface area (Å²) in [5.41, 5.74) is 0.0825. The standard InChI is InChI=1S/C14H17FO4/c1-8(2)13(16)12(15)14(17)9-5-6-10(18-3)11(7-9)19-4/h5-8,12H,1-4H3. The molecule has 0 aliphatic carbocycles. The number of hydrogen-bond donors (Lipinski definition) is 0. The second-order valence-corrected chi connectivity index (χ2v) is 4.35. The van der Waals surface area contributed by atoms with Crippen molar-refractivity contribution in [2.24, 2.45) is 5.92 Å². The van der Waals surface area contributed by atoms with Crippen LogP contribution in [0.3, 0.4) is 0 Å². The molecule has 0 spiro atoms. The van der Waals surface area contributed by atoms with E-state index in [9.17, 15) is 14.0 Å². The molecule has 1 aromatic carbocycles. The molecular weight excluding hydrogens is 251 g/mol. The summed E-state index contributed by atoms with van der Waals surface area (Å²) in [5, 5.41) is 0. The number of hydrogen-bond acceptors (Lipinski definition) is 4. The van der Waals surface area contributed by atoms with Crippen LogP contribution < -0.4 is 9.47 Å². The molecule has 0 N–H and O–H groups in total. The number of halogens is 1. The maximum atomic E-state index is 13.8. The average Bonchev–Trinajstić information content (AvgIpc) is 2.43. The molecule has 1 atom stereocenters. The Bertz CT molecular complexity index is 482. The second kappa shape index (κ2) is 6.31. The van der Waals surface area contributed by atoms with Crippen LogP contribution >= 0.6 is 0 Å². The maximum absolute atomic E-state index is 13.8. The third-order valence-electron chi connectivity index (χ3n) is 2.72. The van der Waals surface area contributed by atoms with Crippen LogP contribution in [0.4, 0.5) is 4.39 Å². The molecule has 0 saturated carbocycles. The van der Waals surface area contributed by atoms with Crippen molar-refractivity contribution < 1.29 is 23.5 Å². The molecule has 0 bridgehead atoms. The van der Waals surface area contributed by atoms with Crippen molar-refractivity contribution in [3.8, 4) is 11.5 Å². The lowest BCUT2D eigenvalue weighted by Gasteiger charge is -2.11. The average molecular weight is 268 g/mol. The van der Waals surface area contributed by atoms with Crippen molar-refractivity contribution in [3.63, 3.8) is 0 Å². The molecule has 1 aromatic rings. The van der Waals surface area contributed by atoms with E-state index in [1.807, 2.05) is 0 Å². The highest BCUT2D eigenvalue weighted by atomic mass is 19.1. The number of methoxy groups -OCH3 is 2. The van der Waals surface area contributed by atoms with E-state index in [2.05, 4.69) is 0 Å². The van der Waals surface area contributed by atoms with Crippen LogP contribution in [0.5, 0.6) is 11.5 Å². The van der Waals surface area contributed by atoms with Gasteiger partial charge >= 0.3 is 0 Å². The van der Waals surface area contributed by atoms with Crippen LogP contribution in [0.2, 0.25) is 0 Å². The Morgan fingerprint density at radius 2 is 1.68 bits per heavy atom. The predicted molar refractivity (Wildman–Crippen MR) is 68.6 cm³/mol. The van der Waals surface area contributed by atoms with Crippen molar-refractivity contribution in [3.05, 3.63) is 23.8 Å². The number of ether oxygens (including phenoxy) is 2. The van der Waals surface area contributed by atoms with Crippen LogP contribution in [0.15, 0.2) is 18.2 Å². The zero-order chi connectivity index (χ0) is 14.6. The lowest BCUT2D eigenvalue weighted by atomic mass is 9.98. The molecule has 104 valence electrons. The lowest BCUT2D eigenvalue weighted by molar-refractivity contribution is -0.125. The van der Waals surface area contributed by atoms with Gasteiger partial charge < -0.3 is 9.47 Å². The molecule has 1 rings (SSSR count). The van der Waals surface area contributed by atoms with Gasteiger partial charge in [0.25, 0.3) is 0 Å². The SMILES string of the molecule is COc1ccc(C(=O)C(F)C(=O)C(C)C)cc1OC. The van der Waals surface area contributed by atoms with Gasteiger partial charge in [-0.3, -0.25) is 9.59 Å². The Kier molecular flexibility index (Phi) is 5.03. The van der Waals surface area contributed by atoms with Gasteiger partial charge in [-0.2, -0.15) is 0 Å². The Hall–Kier alpha value is -1.91. The number of ketones is 2. The lowest BCUT2D eigenvalue weighted by Crippen LogP contribution is -2.29. The van der Waals surface area contributed by atoms with Crippen molar-refractivity contribution in [1.82, 2.24) is 0 Å². The van der Waals surface area contributed by atoms with E-state index < -0.39 is 23.7 Å². The quantitative estimate of drug-likeness (QED) is 0.587. The number of alkyl halides is 1. The van der Waals surface area contributed by atoms with Gasteiger partial charge in [0.1, 0.15) is 0 Å². The van der Waals surface area contributed by atoms with Crippen molar-refractivity contribution in [1.29, 1.82) is 0 Å². The molecule has 0 heterocycles. The highest BCUT2D eigenvalue weighted by Crippen LogP contribution is 2.28. The fourth-order valence-electron chi connectivity index (χ4n) is 1.56. The van der Waals surface area contributed by atoms with E-state index in [0.717, 1.165) is 0 Å². The third-order valence-corrected chi connectivity index (χ3v) is 2.72. The number of Topliss-reactive ketones (excluding diaryl/α,β-unsaturated/α-hetero) is 2. The Morgan fingerprint density at radius 3 is 2.16 bits per heavy atom. The Labute approximate surface area is 111 Å². The number of rotatable bonds is 6. The molecule has 5 heteroatoms. The van der Waals surface area contributed by atoms with Crippen molar-refractivity contribution >= 4 is 11.6 Å². The molecule has 0 saturated heterocycles. The van der Waals surface area contributed by atoms with Gasteiger partial charge in [-0.05, 0) is 18.2 Å². The van der Waals surface area contributed by atoms with Crippen LogP contribution in [0, 0.1) is 5.92 Å². The first kappa shape index (κ1) is 15.1. The molecule has 1 unspecified atom stereocenters. The van der Waals surface area contributed by atoms with Gasteiger partial charge in [-0.25, -0.2) is 4.39 Å². The van der Waals surface area contributed by atoms with E-state index in [-0.39, 0.29) is 5.56 Å². The Balaban J connectivity index is 3.03. The van der Waals surface area contributed by atoms with Crippen molar-refractivity contribution in [2.75, 3.05) is 14.2 Å². The third kappa shape index (κ3) is 3.30. The molecule has 0 amide bonds. The topological polar surface area (TPSA) is 52.6 Å². The van der Waals surface area contributed by atoms with Gasteiger partial charge in [-0.15, -0.1) is 0 Å². The summed E-state index contributed by atoms with van der Waals surface area (Å²) in [6.07, 6.45) is -2.14. The molecule has 0 radical (unpaired) electrons. The number of carbonyl (C=O) groups excluding carboxylic acids is 2. The smallest absolute Gasteiger partial charge is 0.221 e. The molecular formula is C14H17FO4. The van der Waals surface area contributed by atoms with E-state index >= 15 is 0 Å². The summed E-state index contributed by atoms with van der Waals surface area (Å²) in [6, 6.07) is 4.27. The minimum atomic E-state index is -2.14.